The van der Waals surface area contributed by atoms with E-state index >= 15 is 0 Å². The number of carbonyl (C=O) groups is 1. The van der Waals surface area contributed by atoms with Crippen LogP contribution in [0.1, 0.15) is 99.4 Å². The minimum atomic E-state index is -0.475. The highest BCUT2D eigenvalue weighted by molar-refractivity contribution is 5.94. The molecule has 2 aromatic rings. The van der Waals surface area contributed by atoms with Crippen molar-refractivity contribution in [2.24, 2.45) is 17.8 Å². The van der Waals surface area contributed by atoms with E-state index in [0.717, 1.165) is 47.6 Å². The van der Waals surface area contributed by atoms with E-state index in [-0.39, 0.29) is 17.7 Å². The van der Waals surface area contributed by atoms with E-state index in [0.29, 0.717) is 24.8 Å². The van der Waals surface area contributed by atoms with Gasteiger partial charge in [-0.25, -0.2) is 0 Å². The summed E-state index contributed by atoms with van der Waals surface area (Å²) in [4.78, 5) is 13.4. The Hall–Kier alpha value is -2.21. The molecule has 1 amide bonds. The van der Waals surface area contributed by atoms with Crippen LogP contribution in [-0.4, -0.2) is 31.9 Å². The van der Waals surface area contributed by atoms with Crippen LogP contribution in [0, 0.1) is 31.6 Å². The predicted octanol–water partition coefficient (Wildman–Crippen LogP) is 5.26. The first-order chi connectivity index (χ1) is 15.8. The van der Waals surface area contributed by atoms with Gasteiger partial charge in [-0.2, -0.15) is 0 Å². The molecule has 3 atom stereocenters. The van der Waals surface area contributed by atoms with Crippen LogP contribution >= 0.6 is 0 Å². The van der Waals surface area contributed by atoms with E-state index in [1.54, 1.807) is 0 Å². The Balaban J connectivity index is 1.36. The third-order valence-corrected chi connectivity index (χ3v) is 7.91. The Bertz CT molecular complexity index is 1020. The van der Waals surface area contributed by atoms with E-state index in [1.165, 1.54) is 24.8 Å². The summed E-state index contributed by atoms with van der Waals surface area (Å²) in [5, 5.41) is 23.0. The number of nitrogens with one attached hydrogen (secondary N) is 1. The lowest BCUT2D eigenvalue weighted by Gasteiger charge is -2.36. The SMILES string of the molecule is Cc1ccc(NC(=O)[C@H]2C[C@H](O)C[C@@H]2c2nnc(C3CC(CC(C)C)C3)n2C2CC2)c(C)c1. The van der Waals surface area contributed by atoms with Crippen LogP contribution in [0.5, 0.6) is 0 Å². The molecule has 33 heavy (non-hydrogen) atoms. The molecule has 6 nitrogen and oxygen atoms in total. The van der Waals surface area contributed by atoms with Crippen LogP contribution in [-0.2, 0) is 4.79 Å². The number of nitrogens with zero attached hydrogens (tertiary/aromatic N) is 3. The second-order valence-electron chi connectivity index (χ2n) is 11.3. The molecular weight excluding hydrogens is 412 g/mol. The second-order valence-corrected chi connectivity index (χ2v) is 11.3. The van der Waals surface area contributed by atoms with Crippen molar-refractivity contribution in [1.29, 1.82) is 0 Å². The predicted molar refractivity (Wildman–Crippen MR) is 129 cm³/mol. The van der Waals surface area contributed by atoms with Crippen LogP contribution in [0.2, 0.25) is 0 Å². The average molecular weight is 451 g/mol. The normalized spacial score (nSPS) is 29.3. The third kappa shape index (κ3) is 4.59. The van der Waals surface area contributed by atoms with E-state index in [1.807, 2.05) is 19.1 Å². The number of amides is 1. The van der Waals surface area contributed by atoms with E-state index < -0.39 is 6.10 Å². The molecule has 3 aliphatic rings. The van der Waals surface area contributed by atoms with Crippen molar-refractivity contribution >= 4 is 11.6 Å². The minimum absolute atomic E-state index is 0.0176. The van der Waals surface area contributed by atoms with E-state index in [9.17, 15) is 9.90 Å². The molecule has 1 aromatic heterocycles. The van der Waals surface area contributed by atoms with Gasteiger partial charge in [0.2, 0.25) is 5.91 Å². The Labute approximate surface area is 197 Å². The first-order valence-corrected chi connectivity index (χ1v) is 12.8. The summed E-state index contributed by atoms with van der Waals surface area (Å²) in [5.41, 5.74) is 3.08. The number of aromatic nitrogens is 3. The van der Waals surface area contributed by atoms with Crippen molar-refractivity contribution in [1.82, 2.24) is 14.8 Å². The fourth-order valence-corrected chi connectivity index (χ4v) is 6.13. The Morgan fingerprint density at radius 2 is 1.85 bits per heavy atom. The van der Waals surface area contributed by atoms with Gasteiger partial charge in [-0.15, -0.1) is 10.2 Å². The average Bonchev–Trinajstić information content (AvgIpc) is 3.35. The van der Waals surface area contributed by atoms with Gasteiger partial charge in [0.25, 0.3) is 0 Å². The molecule has 3 saturated carbocycles. The lowest BCUT2D eigenvalue weighted by Crippen LogP contribution is -2.28. The van der Waals surface area contributed by atoms with Gasteiger partial charge in [-0.05, 0) is 82.3 Å². The molecule has 3 aliphatic carbocycles. The number of hydrogen-bond acceptors (Lipinski definition) is 4. The molecule has 0 aliphatic heterocycles. The monoisotopic (exact) mass is 450 g/mol. The van der Waals surface area contributed by atoms with Crippen LogP contribution in [0.25, 0.3) is 0 Å². The Morgan fingerprint density at radius 3 is 2.52 bits per heavy atom. The number of hydrogen-bond donors (Lipinski definition) is 2. The number of benzene rings is 1. The van der Waals surface area contributed by atoms with Gasteiger partial charge in [-0.1, -0.05) is 31.5 Å². The summed E-state index contributed by atoms with van der Waals surface area (Å²) in [6, 6.07) is 6.54. The number of aliphatic hydroxyl groups is 1. The van der Waals surface area contributed by atoms with Crippen molar-refractivity contribution in [2.45, 2.75) is 96.6 Å². The fourth-order valence-electron chi connectivity index (χ4n) is 6.13. The highest BCUT2D eigenvalue weighted by atomic mass is 16.3. The second kappa shape index (κ2) is 8.86. The van der Waals surface area contributed by atoms with Gasteiger partial charge in [0.1, 0.15) is 11.6 Å². The van der Waals surface area contributed by atoms with Gasteiger partial charge in [0.15, 0.2) is 0 Å². The summed E-state index contributed by atoms with van der Waals surface area (Å²) >= 11 is 0. The largest absolute Gasteiger partial charge is 0.393 e. The molecule has 0 saturated heterocycles. The van der Waals surface area contributed by atoms with Crippen molar-refractivity contribution in [3.8, 4) is 0 Å². The maximum absolute atomic E-state index is 13.4. The zero-order valence-electron chi connectivity index (χ0n) is 20.4. The summed E-state index contributed by atoms with van der Waals surface area (Å²) in [5.74, 6) is 3.70. The number of rotatable bonds is 7. The van der Waals surface area contributed by atoms with Crippen LogP contribution in [0.3, 0.4) is 0 Å². The zero-order chi connectivity index (χ0) is 23.3. The maximum atomic E-state index is 13.4. The maximum Gasteiger partial charge on any atom is 0.228 e. The lowest BCUT2D eigenvalue weighted by molar-refractivity contribution is -0.120. The summed E-state index contributed by atoms with van der Waals surface area (Å²) in [7, 11) is 0. The highest BCUT2D eigenvalue weighted by Gasteiger charge is 2.45. The molecule has 178 valence electrons. The molecular formula is C27H38N4O2. The smallest absolute Gasteiger partial charge is 0.228 e. The minimum Gasteiger partial charge on any atom is -0.393 e. The van der Waals surface area contributed by atoms with Gasteiger partial charge in [0.05, 0.1) is 12.0 Å². The van der Waals surface area contributed by atoms with Gasteiger partial charge >= 0.3 is 0 Å². The fraction of sp³-hybridized carbons (Fsp3) is 0.667. The van der Waals surface area contributed by atoms with Crippen molar-refractivity contribution < 1.29 is 9.90 Å². The summed E-state index contributed by atoms with van der Waals surface area (Å²) in [6.07, 6.45) is 6.60. The molecule has 1 heterocycles. The van der Waals surface area contributed by atoms with E-state index in [4.69, 9.17) is 0 Å². The van der Waals surface area contributed by atoms with Gasteiger partial charge in [0, 0.05) is 23.6 Å². The molecule has 0 bridgehead atoms. The standard InChI is InChI=1S/C27H38N4O2/c1-15(2)9-18-11-19(12-18)25-29-30-26(31(25)20-6-7-20)22-13-21(32)14-23(22)27(33)28-24-8-5-16(3)10-17(24)4/h5,8,10,15,18-23,32H,6-7,9,11-14H2,1-4H3,(H,28,33)/t18?,19?,21-,22+,23+/m1/s1. The number of carbonyl (C=O) groups excluding carboxylic acids is 1. The van der Waals surface area contributed by atoms with Crippen LogP contribution in [0.4, 0.5) is 5.69 Å². The van der Waals surface area contributed by atoms with Crippen molar-refractivity contribution in [3.05, 3.63) is 41.0 Å². The molecule has 6 heteroatoms. The molecule has 0 spiro atoms. The van der Waals surface area contributed by atoms with Crippen molar-refractivity contribution in [3.63, 3.8) is 0 Å². The molecule has 0 radical (unpaired) electrons. The zero-order valence-corrected chi connectivity index (χ0v) is 20.4. The summed E-state index contributed by atoms with van der Waals surface area (Å²) < 4.78 is 2.37. The van der Waals surface area contributed by atoms with Crippen LogP contribution in [0.15, 0.2) is 18.2 Å². The van der Waals surface area contributed by atoms with E-state index in [2.05, 4.69) is 46.9 Å². The Kier molecular flexibility index (Phi) is 6.06. The Morgan fingerprint density at radius 1 is 1.12 bits per heavy atom. The van der Waals surface area contributed by atoms with Crippen molar-refractivity contribution in [2.75, 3.05) is 5.32 Å². The lowest BCUT2D eigenvalue weighted by atomic mass is 9.71. The molecule has 3 fully saturated rings. The first kappa shape index (κ1) is 22.6. The molecule has 5 rings (SSSR count). The molecule has 1 aromatic carbocycles. The quantitative estimate of drug-likeness (QED) is 0.603. The first-order valence-electron chi connectivity index (χ1n) is 12.8. The van der Waals surface area contributed by atoms with Crippen LogP contribution < -0.4 is 5.32 Å². The number of aliphatic hydroxyl groups excluding tert-OH is 1. The molecule has 2 N–H and O–H groups in total. The highest BCUT2D eigenvalue weighted by Crippen LogP contribution is 2.49. The number of aryl methyl sites for hydroxylation is 2. The topological polar surface area (TPSA) is 80.0 Å². The van der Waals surface area contributed by atoms with Gasteiger partial charge < -0.3 is 15.0 Å². The number of anilines is 1. The molecule has 0 unspecified atom stereocenters. The third-order valence-electron chi connectivity index (χ3n) is 7.91. The summed E-state index contributed by atoms with van der Waals surface area (Å²) in [6.45, 7) is 8.67. The van der Waals surface area contributed by atoms with Gasteiger partial charge in [-0.3, -0.25) is 4.79 Å².